The van der Waals surface area contributed by atoms with Crippen LogP contribution in [0.4, 0.5) is 0 Å². The van der Waals surface area contributed by atoms with Gasteiger partial charge in [0.2, 0.25) is 0 Å². The first-order valence-corrected chi connectivity index (χ1v) is 10.5. The first kappa shape index (κ1) is 18.0. The molecule has 0 bridgehead atoms. The zero-order valence-electron chi connectivity index (χ0n) is 14.4. The van der Waals surface area contributed by atoms with Crippen LogP contribution in [0.15, 0.2) is 9.08 Å². The highest BCUT2D eigenvalue weighted by Crippen LogP contribution is 2.39. The van der Waals surface area contributed by atoms with Crippen LogP contribution in [-0.2, 0) is 0 Å². The Labute approximate surface area is 163 Å². The summed E-state index contributed by atoms with van der Waals surface area (Å²) in [5.74, 6) is 0.463. The average molecular weight is 472 g/mol. The van der Waals surface area contributed by atoms with E-state index in [1.165, 1.54) is 5.56 Å². The van der Waals surface area contributed by atoms with E-state index < -0.39 is 0 Å². The maximum atomic E-state index is 4.89. The molecule has 4 nitrogen and oxygen atoms in total. The van der Waals surface area contributed by atoms with E-state index >= 15 is 0 Å². The molecule has 3 rings (SSSR count). The van der Waals surface area contributed by atoms with Crippen molar-refractivity contribution in [2.24, 2.45) is 0 Å². The molecule has 0 aliphatic carbocycles. The summed E-state index contributed by atoms with van der Waals surface area (Å²) < 4.78 is 3.95. The second-order valence-corrected chi connectivity index (χ2v) is 8.71. The minimum Gasteiger partial charge on any atom is -0.234 e. The lowest BCUT2D eigenvalue weighted by atomic mass is 9.94. The lowest BCUT2D eigenvalue weighted by Gasteiger charge is -2.17. The Morgan fingerprint density at radius 1 is 1.04 bits per heavy atom. The number of aromatic nitrogens is 4. The molecule has 24 heavy (non-hydrogen) atoms. The van der Waals surface area contributed by atoms with Gasteiger partial charge < -0.3 is 0 Å². The molecule has 0 spiro atoms. The second kappa shape index (κ2) is 6.84. The van der Waals surface area contributed by atoms with Gasteiger partial charge in [-0.1, -0.05) is 13.8 Å². The van der Waals surface area contributed by atoms with Gasteiger partial charge in [-0.05, 0) is 71.4 Å². The van der Waals surface area contributed by atoms with Gasteiger partial charge in [-0.3, -0.25) is 0 Å². The summed E-state index contributed by atoms with van der Waals surface area (Å²) in [4.78, 5) is 10.5. The van der Waals surface area contributed by atoms with Crippen LogP contribution < -0.4 is 0 Å². The first-order valence-electron chi connectivity index (χ1n) is 8.07. The Morgan fingerprint density at radius 2 is 1.71 bits per heavy atom. The van der Waals surface area contributed by atoms with Crippen LogP contribution in [0.2, 0.25) is 0 Å². The van der Waals surface area contributed by atoms with Gasteiger partial charge in [0.05, 0.1) is 21.3 Å². The van der Waals surface area contributed by atoms with E-state index in [0.717, 1.165) is 54.5 Å². The van der Waals surface area contributed by atoms with Gasteiger partial charge in [-0.2, -0.15) is 5.10 Å². The van der Waals surface area contributed by atoms with Gasteiger partial charge in [0.15, 0.2) is 5.65 Å². The third kappa shape index (κ3) is 2.84. The van der Waals surface area contributed by atoms with Crippen molar-refractivity contribution in [3.8, 4) is 10.6 Å². The van der Waals surface area contributed by atoms with E-state index in [1.807, 2.05) is 25.3 Å². The monoisotopic (exact) mass is 470 g/mol. The molecule has 0 radical (unpaired) electrons. The van der Waals surface area contributed by atoms with E-state index in [1.54, 1.807) is 11.3 Å². The molecule has 0 atom stereocenters. The lowest BCUT2D eigenvalue weighted by molar-refractivity contribution is 0.635. The smallest absolute Gasteiger partial charge is 0.159 e. The normalized spacial score (nSPS) is 11.8. The summed E-state index contributed by atoms with van der Waals surface area (Å²) in [5.41, 5.74) is 5.22. The van der Waals surface area contributed by atoms with Gasteiger partial charge >= 0.3 is 0 Å². The van der Waals surface area contributed by atoms with Crippen molar-refractivity contribution in [2.75, 3.05) is 0 Å². The minimum absolute atomic E-state index is 0.463. The van der Waals surface area contributed by atoms with E-state index in [9.17, 15) is 0 Å². The van der Waals surface area contributed by atoms with Gasteiger partial charge in [0.1, 0.15) is 10.3 Å². The number of rotatable bonds is 4. The quantitative estimate of drug-likeness (QED) is 0.454. The SMILES string of the molecule is CCC(CC)c1c(Br)c(C)nn2c(-c3sc(C)nc3Br)c(C)nc12. The van der Waals surface area contributed by atoms with Crippen molar-refractivity contribution in [3.05, 3.63) is 31.0 Å². The third-order valence-corrected chi connectivity index (χ3v) is 7.19. The van der Waals surface area contributed by atoms with Crippen molar-refractivity contribution in [1.29, 1.82) is 0 Å². The first-order chi connectivity index (χ1) is 11.4. The van der Waals surface area contributed by atoms with Crippen LogP contribution in [0.1, 0.15) is 54.6 Å². The molecule has 0 aliphatic rings. The molecule has 7 heteroatoms. The van der Waals surface area contributed by atoms with Crippen LogP contribution in [0.3, 0.4) is 0 Å². The summed E-state index contributed by atoms with van der Waals surface area (Å²) in [6.07, 6.45) is 2.16. The maximum Gasteiger partial charge on any atom is 0.159 e. The largest absolute Gasteiger partial charge is 0.234 e. The van der Waals surface area contributed by atoms with E-state index in [0.29, 0.717) is 5.92 Å². The van der Waals surface area contributed by atoms with Crippen LogP contribution in [0.5, 0.6) is 0 Å². The third-order valence-electron chi connectivity index (χ3n) is 4.38. The number of hydrogen-bond acceptors (Lipinski definition) is 4. The van der Waals surface area contributed by atoms with E-state index in [4.69, 9.17) is 10.1 Å². The van der Waals surface area contributed by atoms with Gasteiger partial charge in [0, 0.05) is 10.0 Å². The number of nitrogens with zero attached hydrogens (tertiary/aromatic N) is 4. The highest BCUT2D eigenvalue weighted by atomic mass is 79.9. The molecule has 3 aromatic rings. The predicted molar refractivity (Wildman–Crippen MR) is 107 cm³/mol. The Kier molecular flexibility index (Phi) is 5.14. The van der Waals surface area contributed by atoms with Crippen molar-refractivity contribution in [2.45, 2.75) is 53.4 Å². The summed E-state index contributed by atoms with van der Waals surface area (Å²) in [5, 5.41) is 5.83. The number of aryl methyl sites for hydroxylation is 3. The van der Waals surface area contributed by atoms with Crippen molar-refractivity contribution >= 4 is 48.8 Å². The molecule has 128 valence electrons. The molecular weight excluding hydrogens is 452 g/mol. The van der Waals surface area contributed by atoms with Crippen molar-refractivity contribution in [1.82, 2.24) is 19.6 Å². The number of thiazole rings is 1. The molecule has 0 fully saturated rings. The zero-order chi connectivity index (χ0) is 17.6. The molecule has 3 aromatic heterocycles. The summed E-state index contributed by atoms with van der Waals surface area (Å²) in [6, 6.07) is 0. The Morgan fingerprint density at radius 3 is 2.25 bits per heavy atom. The Balaban J connectivity index is 2.39. The molecule has 0 unspecified atom stereocenters. The number of hydrogen-bond donors (Lipinski definition) is 0. The molecular formula is C17H20Br2N4S. The zero-order valence-corrected chi connectivity index (χ0v) is 18.4. The molecule has 0 saturated carbocycles. The summed E-state index contributed by atoms with van der Waals surface area (Å²) in [7, 11) is 0. The molecule has 3 heterocycles. The summed E-state index contributed by atoms with van der Waals surface area (Å²) in [6.45, 7) is 10.6. The number of fused-ring (bicyclic) bond motifs is 1. The van der Waals surface area contributed by atoms with Gasteiger partial charge in [-0.25, -0.2) is 14.5 Å². The lowest BCUT2D eigenvalue weighted by Crippen LogP contribution is -2.07. The van der Waals surface area contributed by atoms with Crippen molar-refractivity contribution in [3.63, 3.8) is 0 Å². The van der Waals surface area contributed by atoms with E-state index in [-0.39, 0.29) is 0 Å². The minimum atomic E-state index is 0.463. The maximum absolute atomic E-state index is 4.89. The highest BCUT2D eigenvalue weighted by molar-refractivity contribution is 9.10. The number of halogens is 2. The van der Waals surface area contributed by atoms with Crippen LogP contribution >= 0.6 is 43.2 Å². The Bertz CT molecular complexity index is 909. The van der Waals surface area contributed by atoms with Crippen molar-refractivity contribution < 1.29 is 0 Å². The van der Waals surface area contributed by atoms with Crippen LogP contribution in [0.25, 0.3) is 16.2 Å². The molecule has 0 N–H and O–H groups in total. The van der Waals surface area contributed by atoms with Crippen LogP contribution in [-0.4, -0.2) is 19.6 Å². The standard InChI is InChI=1S/C17H20Br2N4S/c1-6-11(7-2)12-13(18)8(3)22-23-14(9(4)20-17(12)23)15-16(19)21-10(5)24-15/h11H,6-7H2,1-5H3. The van der Waals surface area contributed by atoms with Crippen LogP contribution in [0, 0.1) is 20.8 Å². The average Bonchev–Trinajstić information content (AvgIpc) is 3.02. The molecule has 0 amide bonds. The molecule has 0 saturated heterocycles. The fourth-order valence-electron chi connectivity index (χ4n) is 3.14. The molecule has 0 aliphatic heterocycles. The topological polar surface area (TPSA) is 43.1 Å². The van der Waals surface area contributed by atoms with Gasteiger partial charge in [0.25, 0.3) is 0 Å². The predicted octanol–water partition coefficient (Wildman–Crippen LogP) is 6.21. The van der Waals surface area contributed by atoms with Gasteiger partial charge in [-0.15, -0.1) is 11.3 Å². The Hall–Kier alpha value is -0.790. The molecule has 0 aromatic carbocycles. The highest BCUT2D eigenvalue weighted by Gasteiger charge is 2.24. The fraction of sp³-hybridized carbons (Fsp3) is 0.471. The van der Waals surface area contributed by atoms with E-state index in [2.05, 4.69) is 50.7 Å². The number of imidazole rings is 1. The fourth-order valence-corrected chi connectivity index (χ4v) is 5.43. The summed E-state index contributed by atoms with van der Waals surface area (Å²) >= 11 is 9.01. The second-order valence-electron chi connectivity index (χ2n) is 5.96.